The minimum Gasteiger partial charge on any atom is -0.344 e. The van der Waals surface area contributed by atoms with E-state index in [2.05, 4.69) is 9.97 Å². The number of ether oxygens (including phenoxy) is 2. The van der Waals surface area contributed by atoms with Crippen LogP contribution >= 0.6 is 7.82 Å². The predicted octanol–water partition coefficient (Wildman–Crippen LogP) is -0.256. The van der Waals surface area contributed by atoms with Crippen molar-refractivity contribution in [3.8, 4) is 0 Å². The van der Waals surface area contributed by atoms with E-state index in [0.29, 0.717) is 11.1 Å². The first-order valence-electron chi connectivity index (χ1n) is 10.5. The third kappa shape index (κ3) is 5.75. The Kier molecular flexibility index (Phi) is 7.03. The molecule has 15 heteroatoms. The summed E-state index contributed by atoms with van der Waals surface area (Å²) in [7, 11) is -4.49. The van der Waals surface area contributed by atoms with Crippen molar-refractivity contribution < 1.29 is 28.0 Å². The number of hydrogen-bond donors (Lipinski definition) is 3. The molecule has 5 atom stereocenters. The molecule has 1 unspecified atom stereocenters. The average molecular weight is 510 g/mol. The van der Waals surface area contributed by atoms with Crippen molar-refractivity contribution in [3.05, 3.63) is 89.5 Å². The van der Waals surface area contributed by atoms with E-state index in [1.165, 1.54) is 21.5 Å². The Hall–Kier alpha value is -3.13. The Morgan fingerprint density at radius 2 is 1.23 bits per heavy atom. The molecule has 3 N–H and O–H groups in total. The van der Waals surface area contributed by atoms with Gasteiger partial charge in [-0.2, -0.15) is 0 Å². The van der Waals surface area contributed by atoms with Gasteiger partial charge in [-0.05, 0) is 26.0 Å². The molecule has 0 aliphatic carbocycles. The summed E-state index contributed by atoms with van der Waals surface area (Å²) in [5.74, 6) is 0. The number of nitrogens with one attached hydrogen (secondary N) is 2. The van der Waals surface area contributed by atoms with Crippen molar-refractivity contribution in [1.82, 2.24) is 19.1 Å². The molecule has 0 radical (unpaired) electrons. The van der Waals surface area contributed by atoms with E-state index in [1.54, 1.807) is 38.2 Å². The van der Waals surface area contributed by atoms with Crippen molar-refractivity contribution in [2.45, 2.75) is 38.5 Å². The monoisotopic (exact) mass is 510 g/mol. The second kappa shape index (κ2) is 9.85. The normalized spacial score (nSPS) is 25.2. The number of H-pyrrole nitrogens is 2. The van der Waals surface area contributed by atoms with Gasteiger partial charge in [0.05, 0.1) is 13.2 Å². The van der Waals surface area contributed by atoms with Gasteiger partial charge in [0.15, 0.2) is 12.5 Å². The number of aromatic amines is 2. The van der Waals surface area contributed by atoms with Gasteiger partial charge in [0.2, 0.25) is 0 Å². The van der Waals surface area contributed by atoms with Gasteiger partial charge in [-0.25, -0.2) is 14.2 Å². The van der Waals surface area contributed by atoms with Crippen LogP contribution in [0.2, 0.25) is 0 Å². The van der Waals surface area contributed by atoms with Crippen LogP contribution < -0.4 is 22.5 Å². The number of nitrogens with zero attached hydrogens (tertiary/aromatic N) is 2. The number of phosphoric acid groups is 1. The standard InChI is InChI=1S/C20H23N4O10P/c1-11-7-23(19(27)21-17(11)25)15-5-3-13(33-15)9-31-35(29,30)32-10-14-4-6-16(34-14)24-8-12(2)18(26)22-20(24)28/h3-8,13-16H,9-10H2,1-2H3,(H,29,30)(H,21,25,27)(H,22,26,28)/t13-,14+,15+,16-. The van der Waals surface area contributed by atoms with Crippen LogP contribution in [0.25, 0.3) is 0 Å². The molecule has 0 spiro atoms. The average Bonchev–Trinajstić information content (AvgIpc) is 3.46. The molecule has 0 amide bonds. The number of phosphoric ester groups is 1. The summed E-state index contributed by atoms with van der Waals surface area (Å²) >= 11 is 0. The third-order valence-corrected chi connectivity index (χ3v) is 6.20. The summed E-state index contributed by atoms with van der Waals surface area (Å²) in [5.41, 5.74) is -1.68. The molecule has 2 aromatic rings. The molecule has 2 aliphatic rings. The number of rotatable bonds is 8. The van der Waals surface area contributed by atoms with Gasteiger partial charge in [0, 0.05) is 23.5 Å². The Bertz CT molecular complexity index is 1350. The molecule has 0 saturated heterocycles. The van der Waals surface area contributed by atoms with Gasteiger partial charge in [-0.15, -0.1) is 0 Å². The van der Waals surface area contributed by atoms with Crippen molar-refractivity contribution in [2.24, 2.45) is 0 Å². The molecule has 2 aliphatic heterocycles. The minimum absolute atomic E-state index is 0.320. The zero-order chi connectivity index (χ0) is 25.3. The Labute approximate surface area is 196 Å². The van der Waals surface area contributed by atoms with Crippen LogP contribution in [0.4, 0.5) is 0 Å². The molecule has 4 heterocycles. The maximum absolute atomic E-state index is 12.3. The fourth-order valence-electron chi connectivity index (χ4n) is 3.41. The highest BCUT2D eigenvalue weighted by Gasteiger charge is 2.30. The summed E-state index contributed by atoms with van der Waals surface area (Å²) in [5, 5.41) is 0. The molecule has 0 bridgehead atoms. The third-order valence-electron chi connectivity index (χ3n) is 5.25. The summed E-state index contributed by atoms with van der Waals surface area (Å²) in [6.07, 6.45) is 5.77. The lowest BCUT2D eigenvalue weighted by Crippen LogP contribution is -2.33. The lowest BCUT2D eigenvalue weighted by molar-refractivity contribution is -0.0248. The topological polar surface area (TPSA) is 184 Å². The SMILES string of the molecule is Cc1cn([C@@H]2C=C[C@H](COP(=O)(O)OC[C@@H]3C=C[C@H](n4cc(C)c(=O)[nH]c4=O)O3)O2)c(=O)[nH]c1=O. The highest BCUT2D eigenvalue weighted by atomic mass is 31.2. The molecule has 0 aromatic carbocycles. The van der Waals surface area contributed by atoms with Crippen LogP contribution in [0.1, 0.15) is 23.6 Å². The first kappa shape index (κ1) is 25.0. The first-order valence-corrected chi connectivity index (χ1v) is 12.0. The number of hydrogen-bond acceptors (Lipinski definition) is 9. The smallest absolute Gasteiger partial charge is 0.344 e. The molecule has 14 nitrogen and oxygen atoms in total. The zero-order valence-electron chi connectivity index (χ0n) is 18.7. The van der Waals surface area contributed by atoms with E-state index in [4.69, 9.17) is 18.5 Å². The van der Waals surface area contributed by atoms with E-state index in [1.807, 2.05) is 0 Å². The lowest BCUT2D eigenvalue weighted by atomic mass is 10.3. The van der Waals surface area contributed by atoms with Gasteiger partial charge < -0.3 is 14.4 Å². The summed E-state index contributed by atoms with van der Waals surface area (Å²) in [4.78, 5) is 61.3. The lowest BCUT2D eigenvalue weighted by Gasteiger charge is -2.19. The molecule has 35 heavy (non-hydrogen) atoms. The van der Waals surface area contributed by atoms with Crippen molar-refractivity contribution in [2.75, 3.05) is 13.2 Å². The Morgan fingerprint density at radius 1 is 0.829 bits per heavy atom. The summed E-state index contributed by atoms with van der Waals surface area (Å²) in [6.45, 7) is 2.40. The van der Waals surface area contributed by atoms with E-state index >= 15 is 0 Å². The van der Waals surface area contributed by atoms with Crippen molar-refractivity contribution in [3.63, 3.8) is 0 Å². The minimum atomic E-state index is -4.49. The summed E-state index contributed by atoms with van der Waals surface area (Å²) < 4.78 is 35.8. The molecule has 4 rings (SSSR count). The molecular weight excluding hydrogens is 487 g/mol. The van der Waals surface area contributed by atoms with Crippen LogP contribution in [-0.2, 0) is 23.1 Å². The Balaban J connectivity index is 1.26. The maximum Gasteiger partial charge on any atom is 0.472 e. The number of aromatic nitrogens is 4. The number of aryl methyl sites for hydroxylation is 2. The summed E-state index contributed by atoms with van der Waals surface area (Å²) in [6, 6.07) is 0. The fraction of sp³-hybridized carbons (Fsp3) is 0.400. The largest absolute Gasteiger partial charge is 0.472 e. The van der Waals surface area contributed by atoms with Gasteiger partial charge >= 0.3 is 19.2 Å². The molecular formula is C20H23N4O10P. The molecule has 2 aromatic heterocycles. The zero-order valence-corrected chi connectivity index (χ0v) is 19.5. The van der Waals surface area contributed by atoms with Gasteiger partial charge in [-0.3, -0.25) is 37.7 Å². The van der Waals surface area contributed by atoms with Crippen LogP contribution in [0, 0.1) is 13.8 Å². The van der Waals surface area contributed by atoms with Crippen LogP contribution in [0.5, 0.6) is 0 Å². The molecule has 0 saturated carbocycles. The quantitative estimate of drug-likeness (QED) is 0.316. The van der Waals surface area contributed by atoms with E-state index in [9.17, 15) is 28.6 Å². The Morgan fingerprint density at radius 3 is 1.63 bits per heavy atom. The van der Waals surface area contributed by atoms with E-state index in [0.717, 1.165) is 0 Å². The maximum atomic E-state index is 12.3. The van der Waals surface area contributed by atoms with E-state index < -0.39 is 55.0 Å². The van der Waals surface area contributed by atoms with Crippen LogP contribution in [0.3, 0.4) is 0 Å². The molecule has 0 fully saturated rings. The first-order chi connectivity index (χ1) is 16.5. The fourth-order valence-corrected chi connectivity index (χ4v) is 4.15. The second-order valence-electron chi connectivity index (χ2n) is 7.92. The van der Waals surface area contributed by atoms with E-state index in [-0.39, 0.29) is 13.2 Å². The van der Waals surface area contributed by atoms with Gasteiger partial charge in [0.25, 0.3) is 11.1 Å². The molecule has 188 valence electrons. The van der Waals surface area contributed by atoms with Crippen LogP contribution in [0.15, 0.2) is 55.9 Å². The van der Waals surface area contributed by atoms with Crippen molar-refractivity contribution >= 4 is 7.82 Å². The van der Waals surface area contributed by atoms with Gasteiger partial charge in [-0.1, -0.05) is 12.2 Å². The second-order valence-corrected chi connectivity index (χ2v) is 9.37. The van der Waals surface area contributed by atoms with Crippen LogP contribution in [-0.4, -0.2) is 49.4 Å². The van der Waals surface area contributed by atoms with Crippen molar-refractivity contribution in [1.29, 1.82) is 0 Å². The predicted molar refractivity (Wildman–Crippen MR) is 120 cm³/mol. The highest BCUT2D eigenvalue weighted by Crippen LogP contribution is 2.44. The highest BCUT2D eigenvalue weighted by molar-refractivity contribution is 7.47. The van der Waals surface area contributed by atoms with Gasteiger partial charge in [0.1, 0.15) is 12.2 Å².